The summed E-state index contributed by atoms with van der Waals surface area (Å²) < 4.78 is 2.02. The molecule has 0 aromatic carbocycles. The molecule has 0 saturated heterocycles. The molecule has 80 valence electrons. The Hall–Kier alpha value is -1.13. The van der Waals surface area contributed by atoms with Crippen molar-refractivity contribution < 1.29 is 0 Å². The van der Waals surface area contributed by atoms with Gasteiger partial charge in [-0.3, -0.25) is 4.68 Å². The van der Waals surface area contributed by atoms with Crippen LogP contribution in [0.1, 0.15) is 12.5 Å². The maximum Gasteiger partial charge on any atom is 0.0781 e. The van der Waals surface area contributed by atoms with Gasteiger partial charge in [0.1, 0.15) is 0 Å². The lowest BCUT2D eigenvalue weighted by Crippen LogP contribution is -2.03. The first-order valence-electron chi connectivity index (χ1n) is 5.09. The van der Waals surface area contributed by atoms with E-state index in [9.17, 15) is 0 Å². The lowest BCUT2D eigenvalue weighted by Gasteiger charge is -2.00. The molecule has 0 aliphatic rings. The van der Waals surface area contributed by atoms with Crippen molar-refractivity contribution in [2.75, 3.05) is 7.05 Å². The number of hydrogen-bond donors (Lipinski definition) is 1. The largest absolute Gasteiger partial charge is 0.316 e. The smallest absolute Gasteiger partial charge is 0.0781 e. The highest BCUT2D eigenvalue weighted by Crippen LogP contribution is 2.26. The fourth-order valence-corrected chi connectivity index (χ4v) is 2.54. The summed E-state index contributed by atoms with van der Waals surface area (Å²) in [6, 6.07) is 4.29. The third-order valence-corrected chi connectivity index (χ3v) is 3.30. The summed E-state index contributed by atoms with van der Waals surface area (Å²) in [6.45, 7) is 3.96. The maximum atomic E-state index is 4.27. The molecule has 15 heavy (non-hydrogen) atoms. The minimum atomic E-state index is 0.918. The first-order valence-corrected chi connectivity index (χ1v) is 5.97. The molecule has 1 N–H and O–H groups in total. The van der Waals surface area contributed by atoms with Crippen molar-refractivity contribution in [2.45, 2.75) is 20.0 Å². The Balaban J connectivity index is 2.28. The van der Waals surface area contributed by atoms with Crippen LogP contribution in [0, 0.1) is 0 Å². The van der Waals surface area contributed by atoms with E-state index in [1.807, 2.05) is 17.9 Å². The summed E-state index contributed by atoms with van der Waals surface area (Å²) in [5, 5.41) is 9.62. The van der Waals surface area contributed by atoms with Crippen LogP contribution in [0.2, 0.25) is 0 Å². The highest BCUT2D eigenvalue weighted by molar-refractivity contribution is 7.13. The molecule has 0 spiro atoms. The van der Waals surface area contributed by atoms with Crippen molar-refractivity contribution >= 4 is 11.3 Å². The van der Waals surface area contributed by atoms with Crippen molar-refractivity contribution in [1.29, 1.82) is 0 Å². The average Bonchev–Trinajstić information content (AvgIpc) is 2.84. The molecule has 3 nitrogen and oxygen atoms in total. The van der Waals surface area contributed by atoms with Gasteiger partial charge in [-0.1, -0.05) is 0 Å². The highest BCUT2D eigenvalue weighted by Gasteiger charge is 2.06. The quantitative estimate of drug-likeness (QED) is 0.859. The first kappa shape index (κ1) is 10.4. The van der Waals surface area contributed by atoms with Crippen molar-refractivity contribution in [1.82, 2.24) is 15.1 Å². The van der Waals surface area contributed by atoms with Gasteiger partial charge in [0, 0.05) is 19.3 Å². The molecule has 4 heteroatoms. The molecule has 0 radical (unpaired) electrons. The molecule has 2 aromatic heterocycles. The van der Waals surface area contributed by atoms with Gasteiger partial charge in [0.15, 0.2) is 0 Å². The van der Waals surface area contributed by atoms with Gasteiger partial charge < -0.3 is 5.32 Å². The monoisotopic (exact) mass is 221 g/mol. The van der Waals surface area contributed by atoms with Gasteiger partial charge in [-0.25, -0.2) is 0 Å². The summed E-state index contributed by atoms with van der Waals surface area (Å²) in [5.74, 6) is 0. The molecule has 0 unspecified atom stereocenters. The molecule has 0 aliphatic carbocycles. The Morgan fingerprint density at radius 1 is 1.53 bits per heavy atom. The summed E-state index contributed by atoms with van der Waals surface area (Å²) >= 11 is 1.78. The molecule has 0 amide bonds. The molecular weight excluding hydrogens is 206 g/mol. The van der Waals surface area contributed by atoms with E-state index in [0.29, 0.717) is 0 Å². The van der Waals surface area contributed by atoms with Gasteiger partial charge in [0.25, 0.3) is 0 Å². The van der Waals surface area contributed by atoms with Gasteiger partial charge in [0.05, 0.1) is 10.6 Å². The second kappa shape index (κ2) is 4.59. The molecule has 2 aromatic rings. The van der Waals surface area contributed by atoms with E-state index in [-0.39, 0.29) is 0 Å². The molecule has 0 atom stereocenters. The van der Waals surface area contributed by atoms with Crippen LogP contribution in [0.3, 0.4) is 0 Å². The topological polar surface area (TPSA) is 29.9 Å². The van der Waals surface area contributed by atoms with E-state index in [4.69, 9.17) is 0 Å². The van der Waals surface area contributed by atoms with Gasteiger partial charge in [-0.2, -0.15) is 5.10 Å². The number of nitrogens with one attached hydrogen (secondary N) is 1. The fourth-order valence-electron chi connectivity index (χ4n) is 1.60. The predicted octanol–water partition coefficient (Wildman–Crippen LogP) is 2.35. The predicted molar refractivity (Wildman–Crippen MR) is 64.0 cm³/mol. The van der Waals surface area contributed by atoms with Crippen LogP contribution < -0.4 is 5.32 Å². The molecule has 0 fully saturated rings. The van der Waals surface area contributed by atoms with E-state index in [1.165, 1.54) is 16.1 Å². The Labute approximate surface area is 93.7 Å². The van der Waals surface area contributed by atoms with Gasteiger partial charge in [0.2, 0.25) is 0 Å². The second-order valence-corrected chi connectivity index (χ2v) is 4.29. The Morgan fingerprint density at radius 3 is 3.13 bits per heavy atom. The highest BCUT2D eigenvalue weighted by atomic mass is 32.1. The minimum Gasteiger partial charge on any atom is -0.316 e. The van der Waals surface area contributed by atoms with Crippen molar-refractivity contribution in [3.63, 3.8) is 0 Å². The molecule has 0 bridgehead atoms. The number of nitrogens with zero attached hydrogens (tertiary/aromatic N) is 2. The van der Waals surface area contributed by atoms with Crippen LogP contribution in [0.15, 0.2) is 23.7 Å². The lowest BCUT2D eigenvalue weighted by molar-refractivity contribution is 0.668. The normalized spacial score (nSPS) is 10.8. The Morgan fingerprint density at radius 2 is 2.40 bits per heavy atom. The molecule has 0 aliphatic heterocycles. The lowest BCUT2D eigenvalue weighted by atomic mass is 10.2. The molecule has 2 rings (SSSR count). The minimum absolute atomic E-state index is 0.918. The SMILES string of the molecule is CCn1nccc1-c1cc(CNC)cs1. The first-order chi connectivity index (χ1) is 7.35. The van der Waals surface area contributed by atoms with Crippen LogP contribution in [0.5, 0.6) is 0 Å². The summed E-state index contributed by atoms with van der Waals surface area (Å²) in [6.07, 6.45) is 1.86. The van der Waals surface area contributed by atoms with Crippen LogP contribution in [-0.4, -0.2) is 16.8 Å². The van der Waals surface area contributed by atoms with Gasteiger partial charge in [-0.15, -0.1) is 11.3 Å². The van der Waals surface area contributed by atoms with Crippen LogP contribution in [0.4, 0.5) is 0 Å². The van der Waals surface area contributed by atoms with E-state index in [2.05, 4.69) is 34.9 Å². The standard InChI is InChI=1S/C11H15N3S/c1-3-14-10(4-5-13-14)11-6-9(7-12-2)8-15-11/h4-6,8,12H,3,7H2,1-2H3. The second-order valence-electron chi connectivity index (χ2n) is 3.38. The zero-order valence-electron chi connectivity index (χ0n) is 9.03. The third-order valence-electron chi connectivity index (χ3n) is 2.30. The van der Waals surface area contributed by atoms with E-state index >= 15 is 0 Å². The van der Waals surface area contributed by atoms with Crippen molar-refractivity contribution in [3.8, 4) is 10.6 Å². The number of aromatic nitrogens is 2. The number of thiophene rings is 1. The van der Waals surface area contributed by atoms with Gasteiger partial charge in [-0.05, 0) is 37.0 Å². The van der Waals surface area contributed by atoms with E-state index in [1.54, 1.807) is 11.3 Å². The van der Waals surface area contributed by atoms with E-state index < -0.39 is 0 Å². The molecular formula is C11H15N3S. The van der Waals surface area contributed by atoms with Crippen LogP contribution in [0.25, 0.3) is 10.6 Å². The number of rotatable bonds is 4. The van der Waals surface area contributed by atoms with E-state index in [0.717, 1.165) is 13.1 Å². The van der Waals surface area contributed by atoms with Gasteiger partial charge >= 0.3 is 0 Å². The van der Waals surface area contributed by atoms with Crippen molar-refractivity contribution in [3.05, 3.63) is 29.3 Å². The third kappa shape index (κ3) is 2.11. The molecule has 2 heterocycles. The summed E-state index contributed by atoms with van der Waals surface area (Å²) in [4.78, 5) is 1.29. The fraction of sp³-hybridized carbons (Fsp3) is 0.364. The maximum absolute atomic E-state index is 4.27. The Bertz CT molecular complexity index is 430. The van der Waals surface area contributed by atoms with Crippen LogP contribution in [-0.2, 0) is 13.1 Å². The number of aryl methyl sites for hydroxylation is 1. The average molecular weight is 221 g/mol. The zero-order chi connectivity index (χ0) is 10.7. The Kier molecular flexibility index (Phi) is 3.18. The van der Waals surface area contributed by atoms with Crippen LogP contribution >= 0.6 is 11.3 Å². The summed E-state index contributed by atoms with van der Waals surface area (Å²) in [5.41, 5.74) is 2.55. The molecule has 0 saturated carbocycles. The van der Waals surface area contributed by atoms with Crippen molar-refractivity contribution in [2.24, 2.45) is 0 Å². The summed E-state index contributed by atoms with van der Waals surface area (Å²) in [7, 11) is 1.97. The zero-order valence-corrected chi connectivity index (χ0v) is 9.84. The number of hydrogen-bond acceptors (Lipinski definition) is 3.